The Morgan fingerprint density at radius 3 is 2.69 bits per heavy atom. The number of sulfonamides is 1. The molecular weight excluding hydrogens is 252 g/mol. The SMILES string of the molecule is CN1CCCN(S(=O)(=O)CCCCl)CC1=O. The lowest BCUT2D eigenvalue weighted by Gasteiger charge is -2.19. The predicted molar refractivity (Wildman–Crippen MR) is 63.0 cm³/mol. The van der Waals surface area contributed by atoms with Crippen molar-refractivity contribution in [3.63, 3.8) is 0 Å². The maximum absolute atomic E-state index is 11.8. The van der Waals surface area contributed by atoms with E-state index in [2.05, 4.69) is 0 Å². The van der Waals surface area contributed by atoms with E-state index in [9.17, 15) is 13.2 Å². The average Bonchev–Trinajstić information content (AvgIpc) is 2.39. The number of nitrogens with zero attached hydrogens (tertiary/aromatic N) is 2. The van der Waals surface area contributed by atoms with E-state index in [0.717, 1.165) is 0 Å². The zero-order valence-electron chi connectivity index (χ0n) is 9.36. The van der Waals surface area contributed by atoms with Crippen LogP contribution in [-0.2, 0) is 14.8 Å². The summed E-state index contributed by atoms with van der Waals surface area (Å²) in [5.41, 5.74) is 0. The largest absolute Gasteiger partial charge is 0.345 e. The number of likely N-dealkylation sites (N-methyl/N-ethyl adjacent to an activating group) is 1. The summed E-state index contributed by atoms with van der Waals surface area (Å²) in [6, 6.07) is 0. The molecule has 0 atom stereocenters. The molecule has 0 unspecified atom stereocenters. The van der Waals surface area contributed by atoms with Crippen LogP contribution in [0.25, 0.3) is 0 Å². The van der Waals surface area contributed by atoms with Crippen LogP contribution in [0.15, 0.2) is 0 Å². The van der Waals surface area contributed by atoms with Crippen LogP contribution in [0.4, 0.5) is 0 Å². The van der Waals surface area contributed by atoms with Gasteiger partial charge < -0.3 is 4.90 Å². The number of carbonyl (C=O) groups excluding carboxylic acids is 1. The van der Waals surface area contributed by atoms with Crippen molar-refractivity contribution in [3.05, 3.63) is 0 Å². The highest BCUT2D eigenvalue weighted by molar-refractivity contribution is 7.89. The van der Waals surface area contributed by atoms with Crippen molar-refractivity contribution in [2.24, 2.45) is 0 Å². The minimum Gasteiger partial charge on any atom is -0.345 e. The molecule has 0 saturated carbocycles. The van der Waals surface area contributed by atoms with Crippen molar-refractivity contribution in [2.75, 3.05) is 38.3 Å². The highest BCUT2D eigenvalue weighted by atomic mass is 35.5. The van der Waals surface area contributed by atoms with E-state index in [-0.39, 0.29) is 18.2 Å². The Morgan fingerprint density at radius 2 is 2.06 bits per heavy atom. The summed E-state index contributed by atoms with van der Waals surface area (Å²) in [6.45, 7) is 0.988. The molecule has 0 aliphatic carbocycles. The molecule has 0 aromatic carbocycles. The van der Waals surface area contributed by atoms with E-state index < -0.39 is 10.0 Å². The molecule has 1 saturated heterocycles. The normalized spacial score (nSPS) is 19.9. The number of hydrogen-bond donors (Lipinski definition) is 0. The molecule has 0 aromatic rings. The van der Waals surface area contributed by atoms with Gasteiger partial charge in [-0.25, -0.2) is 8.42 Å². The van der Waals surface area contributed by atoms with Gasteiger partial charge in [0.2, 0.25) is 15.9 Å². The molecule has 7 heteroatoms. The molecule has 1 aliphatic heterocycles. The Hall–Kier alpha value is -0.330. The van der Waals surface area contributed by atoms with Crippen LogP contribution in [0, 0.1) is 0 Å². The lowest BCUT2D eigenvalue weighted by Crippen LogP contribution is -2.39. The first kappa shape index (κ1) is 13.7. The fraction of sp³-hybridized carbons (Fsp3) is 0.889. The molecule has 0 N–H and O–H groups in total. The zero-order chi connectivity index (χ0) is 12.2. The molecule has 0 bridgehead atoms. The molecule has 1 fully saturated rings. The summed E-state index contributed by atoms with van der Waals surface area (Å²) in [6.07, 6.45) is 1.10. The third-order valence-electron chi connectivity index (χ3n) is 2.57. The van der Waals surface area contributed by atoms with Crippen LogP contribution in [-0.4, -0.2) is 61.8 Å². The van der Waals surface area contributed by atoms with Crippen molar-refractivity contribution < 1.29 is 13.2 Å². The van der Waals surface area contributed by atoms with Crippen molar-refractivity contribution >= 4 is 27.5 Å². The van der Waals surface area contributed by atoms with Gasteiger partial charge in [-0.05, 0) is 12.8 Å². The Kier molecular flexibility index (Phi) is 5.01. The average molecular weight is 269 g/mol. The van der Waals surface area contributed by atoms with Crippen LogP contribution in [0.5, 0.6) is 0 Å². The summed E-state index contributed by atoms with van der Waals surface area (Å²) in [4.78, 5) is 13.1. The van der Waals surface area contributed by atoms with Gasteiger partial charge in [0.05, 0.1) is 12.3 Å². The molecule has 0 radical (unpaired) electrons. The van der Waals surface area contributed by atoms with E-state index in [1.165, 1.54) is 4.31 Å². The Balaban J connectivity index is 2.68. The van der Waals surface area contributed by atoms with Gasteiger partial charge in [0.25, 0.3) is 0 Å². The van der Waals surface area contributed by atoms with Crippen molar-refractivity contribution in [1.82, 2.24) is 9.21 Å². The van der Waals surface area contributed by atoms with Crippen molar-refractivity contribution in [3.8, 4) is 0 Å². The van der Waals surface area contributed by atoms with E-state index in [0.29, 0.717) is 31.8 Å². The van der Waals surface area contributed by atoms with Gasteiger partial charge in [0.1, 0.15) is 0 Å². The molecule has 0 spiro atoms. The molecule has 1 rings (SSSR count). The van der Waals surface area contributed by atoms with Gasteiger partial charge in [-0.15, -0.1) is 11.6 Å². The molecular formula is C9H17ClN2O3S. The summed E-state index contributed by atoms with van der Waals surface area (Å²) < 4.78 is 25.0. The maximum Gasteiger partial charge on any atom is 0.237 e. The third kappa shape index (κ3) is 3.61. The quantitative estimate of drug-likeness (QED) is 0.680. The summed E-state index contributed by atoms with van der Waals surface area (Å²) in [7, 11) is -1.63. The molecule has 1 heterocycles. The number of alkyl halides is 1. The van der Waals surface area contributed by atoms with Crippen LogP contribution in [0.2, 0.25) is 0 Å². The highest BCUT2D eigenvalue weighted by Gasteiger charge is 2.27. The Labute approximate surface area is 101 Å². The van der Waals surface area contributed by atoms with Crippen LogP contribution in [0.3, 0.4) is 0 Å². The second-order valence-electron chi connectivity index (χ2n) is 3.86. The fourth-order valence-corrected chi connectivity index (χ4v) is 3.34. The topological polar surface area (TPSA) is 57.7 Å². The second kappa shape index (κ2) is 5.84. The van der Waals surface area contributed by atoms with Gasteiger partial charge in [-0.1, -0.05) is 0 Å². The standard InChI is InChI=1S/C9H17ClN2O3S/c1-11-5-3-6-12(8-9(11)13)16(14,15)7-2-4-10/h2-8H2,1H3. The molecule has 16 heavy (non-hydrogen) atoms. The van der Waals surface area contributed by atoms with Crippen LogP contribution in [0.1, 0.15) is 12.8 Å². The van der Waals surface area contributed by atoms with Gasteiger partial charge in [-0.2, -0.15) is 4.31 Å². The first-order chi connectivity index (χ1) is 7.47. The number of carbonyl (C=O) groups is 1. The third-order valence-corrected chi connectivity index (χ3v) is 4.74. The second-order valence-corrected chi connectivity index (χ2v) is 6.33. The number of hydrogen-bond acceptors (Lipinski definition) is 3. The van der Waals surface area contributed by atoms with Gasteiger partial charge in [0.15, 0.2) is 0 Å². The number of amides is 1. The maximum atomic E-state index is 11.8. The highest BCUT2D eigenvalue weighted by Crippen LogP contribution is 2.09. The van der Waals surface area contributed by atoms with E-state index in [1.807, 2.05) is 0 Å². The summed E-state index contributed by atoms with van der Waals surface area (Å²) in [5, 5.41) is 0. The van der Waals surface area contributed by atoms with Crippen LogP contribution >= 0.6 is 11.6 Å². The zero-order valence-corrected chi connectivity index (χ0v) is 10.9. The number of rotatable bonds is 4. The molecule has 0 aromatic heterocycles. The minimum atomic E-state index is -3.32. The van der Waals surface area contributed by atoms with E-state index in [1.54, 1.807) is 11.9 Å². The number of halogens is 1. The van der Waals surface area contributed by atoms with E-state index >= 15 is 0 Å². The summed E-state index contributed by atoms with van der Waals surface area (Å²) in [5.74, 6) is 0.195. The first-order valence-corrected chi connectivity index (χ1v) is 7.39. The van der Waals surface area contributed by atoms with Gasteiger partial charge in [-0.3, -0.25) is 4.79 Å². The van der Waals surface area contributed by atoms with Gasteiger partial charge >= 0.3 is 0 Å². The first-order valence-electron chi connectivity index (χ1n) is 5.25. The monoisotopic (exact) mass is 268 g/mol. The predicted octanol–water partition coefficient (Wildman–Crippen LogP) is 0.109. The molecule has 1 amide bonds. The molecule has 94 valence electrons. The summed E-state index contributed by atoms with van der Waals surface area (Å²) >= 11 is 5.47. The minimum absolute atomic E-state index is 0.0213. The molecule has 5 nitrogen and oxygen atoms in total. The van der Waals surface area contributed by atoms with Crippen molar-refractivity contribution in [2.45, 2.75) is 12.8 Å². The van der Waals surface area contributed by atoms with E-state index in [4.69, 9.17) is 11.6 Å². The lowest BCUT2D eigenvalue weighted by molar-refractivity contribution is -0.129. The smallest absolute Gasteiger partial charge is 0.237 e. The van der Waals surface area contributed by atoms with Gasteiger partial charge in [0, 0.05) is 26.0 Å². The molecule has 1 aliphatic rings. The van der Waals surface area contributed by atoms with Crippen LogP contribution < -0.4 is 0 Å². The lowest BCUT2D eigenvalue weighted by atomic mass is 10.4. The van der Waals surface area contributed by atoms with Crippen molar-refractivity contribution in [1.29, 1.82) is 0 Å². The Morgan fingerprint density at radius 1 is 1.38 bits per heavy atom. The fourth-order valence-electron chi connectivity index (χ4n) is 1.56. The Bertz CT molecular complexity index is 345.